The quantitative estimate of drug-likeness (QED) is 0.764. The zero-order valence-electron chi connectivity index (χ0n) is 14.9. The lowest BCUT2D eigenvalue weighted by atomic mass is 9.86. The van der Waals surface area contributed by atoms with Gasteiger partial charge in [0.05, 0.1) is 19.8 Å². The summed E-state index contributed by atoms with van der Waals surface area (Å²) in [6.45, 7) is 6.15. The van der Waals surface area contributed by atoms with E-state index in [1.54, 1.807) is 0 Å². The third kappa shape index (κ3) is 3.68. The van der Waals surface area contributed by atoms with Crippen molar-refractivity contribution in [3.8, 4) is 0 Å². The first-order chi connectivity index (χ1) is 12.2. The molecule has 3 fully saturated rings. The van der Waals surface area contributed by atoms with Crippen LogP contribution in [0.3, 0.4) is 0 Å². The Bertz CT molecular complexity index is 593. The lowest BCUT2D eigenvalue weighted by molar-refractivity contribution is -0.420. The lowest BCUT2D eigenvalue weighted by Gasteiger charge is -2.53. The molecule has 4 nitrogen and oxygen atoms in total. The maximum Gasteiger partial charge on any atom is 0.197 e. The van der Waals surface area contributed by atoms with Crippen molar-refractivity contribution in [2.75, 3.05) is 13.2 Å². The Morgan fingerprint density at radius 3 is 2.72 bits per heavy atom. The van der Waals surface area contributed by atoms with Crippen LogP contribution in [0.4, 0.5) is 0 Å². The minimum absolute atomic E-state index is 0.0579. The fourth-order valence-electron chi connectivity index (χ4n) is 4.24. The average Bonchev–Trinajstić information content (AvgIpc) is 2.62. The van der Waals surface area contributed by atoms with Crippen molar-refractivity contribution in [2.45, 2.75) is 69.2 Å². The van der Waals surface area contributed by atoms with Crippen LogP contribution in [-0.4, -0.2) is 30.9 Å². The Morgan fingerprint density at radius 2 is 1.96 bits per heavy atom. The summed E-state index contributed by atoms with van der Waals surface area (Å²) in [6.07, 6.45) is 6.40. The van der Waals surface area contributed by atoms with Gasteiger partial charge < -0.3 is 18.9 Å². The molecule has 1 aromatic rings. The SMILES string of the molecule is C=C1CCO[C@]2(CC[C@H](OCc3ccccc3)[C@]3(CCCCO3)O2)C1. The van der Waals surface area contributed by atoms with Gasteiger partial charge in [0.2, 0.25) is 0 Å². The summed E-state index contributed by atoms with van der Waals surface area (Å²) in [4.78, 5) is 0. The smallest absolute Gasteiger partial charge is 0.197 e. The Morgan fingerprint density at radius 1 is 1.08 bits per heavy atom. The third-order valence-electron chi connectivity index (χ3n) is 5.54. The largest absolute Gasteiger partial charge is 0.368 e. The zero-order valence-corrected chi connectivity index (χ0v) is 14.9. The summed E-state index contributed by atoms with van der Waals surface area (Å²) in [5.74, 6) is -1.25. The Hall–Kier alpha value is -1.20. The van der Waals surface area contributed by atoms with Crippen LogP contribution in [-0.2, 0) is 25.6 Å². The van der Waals surface area contributed by atoms with Crippen LogP contribution in [0.1, 0.15) is 50.5 Å². The molecule has 4 rings (SSSR count). The van der Waals surface area contributed by atoms with Gasteiger partial charge in [-0.05, 0) is 31.2 Å². The van der Waals surface area contributed by atoms with Crippen molar-refractivity contribution >= 4 is 0 Å². The summed E-state index contributed by atoms with van der Waals surface area (Å²) in [7, 11) is 0. The molecule has 0 aromatic heterocycles. The van der Waals surface area contributed by atoms with Crippen LogP contribution in [0.2, 0.25) is 0 Å². The highest BCUT2D eigenvalue weighted by Gasteiger charge is 2.55. The molecule has 3 heterocycles. The second kappa shape index (κ2) is 7.20. The molecule has 0 saturated carbocycles. The monoisotopic (exact) mass is 344 g/mol. The van der Waals surface area contributed by atoms with Gasteiger partial charge in [0, 0.05) is 19.3 Å². The van der Waals surface area contributed by atoms with Crippen molar-refractivity contribution in [1.29, 1.82) is 0 Å². The van der Waals surface area contributed by atoms with Gasteiger partial charge >= 0.3 is 0 Å². The predicted molar refractivity (Wildman–Crippen MR) is 94.9 cm³/mol. The summed E-state index contributed by atoms with van der Waals surface area (Å²) in [6, 6.07) is 10.3. The van der Waals surface area contributed by atoms with Crippen molar-refractivity contribution in [2.24, 2.45) is 0 Å². The highest BCUT2D eigenvalue weighted by Crippen LogP contribution is 2.47. The topological polar surface area (TPSA) is 36.9 Å². The second-order valence-corrected chi connectivity index (χ2v) is 7.48. The van der Waals surface area contributed by atoms with Crippen LogP contribution in [0.5, 0.6) is 0 Å². The lowest BCUT2D eigenvalue weighted by Crippen LogP contribution is -2.61. The molecule has 1 aromatic carbocycles. The van der Waals surface area contributed by atoms with Gasteiger partial charge in [-0.2, -0.15) is 0 Å². The third-order valence-corrected chi connectivity index (χ3v) is 5.54. The molecule has 0 bridgehead atoms. The first kappa shape index (κ1) is 17.2. The van der Waals surface area contributed by atoms with E-state index in [0.29, 0.717) is 13.2 Å². The molecule has 0 aliphatic carbocycles. The number of rotatable bonds is 3. The number of hydrogen-bond acceptors (Lipinski definition) is 4. The molecule has 3 aliphatic rings. The zero-order chi connectivity index (χ0) is 17.2. The fourth-order valence-corrected chi connectivity index (χ4v) is 4.24. The molecule has 4 heteroatoms. The molecule has 0 amide bonds. The molecule has 3 saturated heterocycles. The minimum atomic E-state index is -0.678. The fraction of sp³-hybridized carbons (Fsp3) is 0.619. The highest BCUT2D eigenvalue weighted by atomic mass is 16.8. The van der Waals surface area contributed by atoms with Gasteiger partial charge in [0.15, 0.2) is 11.6 Å². The van der Waals surface area contributed by atoms with E-state index in [-0.39, 0.29) is 6.10 Å². The van der Waals surface area contributed by atoms with E-state index in [4.69, 9.17) is 18.9 Å². The van der Waals surface area contributed by atoms with E-state index in [9.17, 15) is 0 Å². The first-order valence-electron chi connectivity index (χ1n) is 9.50. The standard InChI is InChI=1S/C21H28O4/c1-17-10-14-23-20(15-17)12-9-19(21(25-20)11-5-6-13-24-21)22-16-18-7-3-2-4-8-18/h2-4,7-8,19H,1,5-6,9-16H2/t19-,20-,21-/m0/s1. The molecular formula is C21H28O4. The average molecular weight is 344 g/mol. The molecule has 25 heavy (non-hydrogen) atoms. The minimum Gasteiger partial charge on any atom is -0.368 e. The van der Waals surface area contributed by atoms with Crippen LogP contribution in [0.25, 0.3) is 0 Å². The maximum absolute atomic E-state index is 6.58. The van der Waals surface area contributed by atoms with E-state index in [0.717, 1.165) is 51.6 Å². The van der Waals surface area contributed by atoms with E-state index in [2.05, 4.69) is 18.7 Å². The van der Waals surface area contributed by atoms with Crippen LogP contribution >= 0.6 is 0 Å². The number of ether oxygens (including phenoxy) is 4. The Balaban J connectivity index is 1.50. The molecule has 0 unspecified atom stereocenters. The number of hydrogen-bond donors (Lipinski definition) is 0. The summed E-state index contributed by atoms with van der Waals surface area (Å²) in [5, 5.41) is 0. The van der Waals surface area contributed by atoms with Gasteiger partial charge in [-0.1, -0.05) is 42.5 Å². The van der Waals surface area contributed by atoms with Gasteiger partial charge in [-0.3, -0.25) is 0 Å². The van der Waals surface area contributed by atoms with Gasteiger partial charge in [0.1, 0.15) is 6.10 Å². The van der Waals surface area contributed by atoms with Crippen molar-refractivity contribution in [3.63, 3.8) is 0 Å². The van der Waals surface area contributed by atoms with Crippen molar-refractivity contribution in [1.82, 2.24) is 0 Å². The van der Waals surface area contributed by atoms with E-state index < -0.39 is 11.6 Å². The van der Waals surface area contributed by atoms with Crippen LogP contribution < -0.4 is 0 Å². The predicted octanol–water partition coefficient (Wildman–Crippen LogP) is 4.34. The summed E-state index contributed by atoms with van der Waals surface area (Å²) in [5.41, 5.74) is 2.39. The highest BCUT2D eigenvalue weighted by molar-refractivity contribution is 5.13. The van der Waals surface area contributed by atoms with Crippen molar-refractivity contribution in [3.05, 3.63) is 48.0 Å². The summed E-state index contributed by atoms with van der Waals surface area (Å²) >= 11 is 0. The molecule has 0 radical (unpaired) electrons. The maximum atomic E-state index is 6.58. The number of benzene rings is 1. The van der Waals surface area contributed by atoms with Crippen molar-refractivity contribution < 1.29 is 18.9 Å². The summed E-state index contributed by atoms with van der Waals surface area (Å²) < 4.78 is 25.2. The molecule has 3 atom stereocenters. The molecule has 0 N–H and O–H groups in total. The first-order valence-corrected chi connectivity index (χ1v) is 9.50. The van der Waals surface area contributed by atoms with E-state index >= 15 is 0 Å². The molecule has 136 valence electrons. The normalized spacial score (nSPS) is 36.0. The Labute approximate surface area is 150 Å². The second-order valence-electron chi connectivity index (χ2n) is 7.48. The molecular weight excluding hydrogens is 316 g/mol. The van der Waals surface area contributed by atoms with Gasteiger partial charge in [0.25, 0.3) is 0 Å². The van der Waals surface area contributed by atoms with Crippen LogP contribution in [0.15, 0.2) is 42.5 Å². The van der Waals surface area contributed by atoms with E-state index in [1.807, 2.05) is 18.2 Å². The Kier molecular flexibility index (Phi) is 4.96. The van der Waals surface area contributed by atoms with Gasteiger partial charge in [-0.25, -0.2) is 0 Å². The molecule has 2 spiro atoms. The van der Waals surface area contributed by atoms with E-state index in [1.165, 1.54) is 11.1 Å². The van der Waals surface area contributed by atoms with Gasteiger partial charge in [-0.15, -0.1) is 0 Å². The van der Waals surface area contributed by atoms with Crippen LogP contribution in [0, 0.1) is 0 Å². The molecule has 3 aliphatic heterocycles.